The molecule has 6 nitrogen and oxygen atoms in total. The number of esters is 1. The monoisotopic (exact) mass is 394 g/mol. The highest BCUT2D eigenvalue weighted by molar-refractivity contribution is 6.32. The number of nitrogens with zero attached hydrogens (tertiary/aromatic N) is 2. The Kier molecular flexibility index (Phi) is 5.96. The van der Waals surface area contributed by atoms with Gasteiger partial charge in [-0.1, -0.05) is 23.2 Å². The van der Waals surface area contributed by atoms with Gasteiger partial charge in [0.15, 0.2) is 6.61 Å². The van der Waals surface area contributed by atoms with Crippen LogP contribution in [0.4, 0.5) is 5.69 Å². The molecule has 0 unspecified atom stereocenters. The molecule has 0 radical (unpaired) electrons. The summed E-state index contributed by atoms with van der Waals surface area (Å²) >= 11 is 11.7. The van der Waals surface area contributed by atoms with Crippen molar-refractivity contribution in [2.75, 3.05) is 18.1 Å². The molecule has 1 aliphatic rings. The second kappa shape index (κ2) is 8.38. The van der Waals surface area contributed by atoms with Gasteiger partial charge in [0, 0.05) is 18.7 Å². The number of carbonyl (C=O) groups excluding carboxylic acids is 2. The molecule has 26 heavy (non-hydrogen) atoms. The van der Waals surface area contributed by atoms with E-state index in [9.17, 15) is 9.59 Å². The van der Waals surface area contributed by atoms with Gasteiger partial charge in [-0.2, -0.15) is 0 Å². The van der Waals surface area contributed by atoms with E-state index >= 15 is 0 Å². The summed E-state index contributed by atoms with van der Waals surface area (Å²) in [5.41, 5.74) is 1.20. The molecular formula is C18H16Cl2N2O4. The van der Waals surface area contributed by atoms with Crippen molar-refractivity contribution in [2.45, 2.75) is 19.4 Å². The van der Waals surface area contributed by atoms with Crippen molar-refractivity contribution in [1.29, 1.82) is 0 Å². The summed E-state index contributed by atoms with van der Waals surface area (Å²) in [6.45, 7) is 0.392. The first-order valence-corrected chi connectivity index (χ1v) is 8.78. The number of ether oxygens (including phenoxy) is 2. The average molecular weight is 395 g/mol. The summed E-state index contributed by atoms with van der Waals surface area (Å²) in [4.78, 5) is 29.3. The predicted molar refractivity (Wildman–Crippen MR) is 97.6 cm³/mol. The van der Waals surface area contributed by atoms with Gasteiger partial charge in [0.1, 0.15) is 17.5 Å². The highest BCUT2D eigenvalue weighted by Crippen LogP contribution is 2.24. The number of anilines is 1. The zero-order valence-corrected chi connectivity index (χ0v) is 15.3. The van der Waals surface area contributed by atoms with Gasteiger partial charge in [-0.05, 0) is 42.8 Å². The van der Waals surface area contributed by atoms with Gasteiger partial charge in [0.25, 0.3) is 0 Å². The molecule has 0 saturated carbocycles. The van der Waals surface area contributed by atoms with Gasteiger partial charge >= 0.3 is 5.97 Å². The van der Waals surface area contributed by atoms with E-state index in [1.807, 2.05) is 0 Å². The minimum absolute atomic E-state index is 0.0857. The van der Waals surface area contributed by atoms with Crippen molar-refractivity contribution in [3.63, 3.8) is 0 Å². The van der Waals surface area contributed by atoms with E-state index in [4.69, 9.17) is 32.7 Å². The van der Waals surface area contributed by atoms with Gasteiger partial charge in [-0.15, -0.1) is 0 Å². The number of pyridine rings is 1. The summed E-state index contributed by atoms with van der Waals surface area (Å²) in [6, 6.07) is 10.1. The number of aromatic nitrogens is 1. The number of benzene rings is 1. The molecule has 0 aliphatic carbocycles. The van der Waals surface area contributed by atoms with Crippen molar-refractivity contribution in [3.05, 3.63) is 52.3 Å². The van der Waals surface area contributed by atoms with E-state index in [1.54, 1.807) is 41.3 Å². The van der Waals surface area contributed by atoms with Gasteiger partial charge in [-0.3, -0.25) is 4.79 Å². The van der Waals surface area contributed by atoms with Gasteiger partial charge < -0.3 is 14.4 Å². The minimum Gasteiger partial charge on any atom is -0.482 e. The van der Waals surface area contributed by atoms with Crippen LogP contribution in [-0.4, -0.2) is 30.0 Å². The van der Waals surface area contributed by atoms with Gasteiger partial charge in [0.2, 0.25) is 5.91 Å². The number of carbonyl (C=O) groups is 2. The molecule has 136 valence electrons. The smallest absolute Gasteiger partial charge is 0.344 e. The Labute approximate surface area is 160 Å². The molecule has 1 fully saturated rings. The first-order valence-electron chi connectivity index (χ1n) is 8.03. The van der Waals surface area contributed by atoms with E-state index in [1.165, 1.54) is 0 Å². The molecule has 2 heterocycles. The van der Waals surface area contributed by atoms with Crippen LogP contribution in [0.1, 0.15) is 18.5 Å². The van der Waals surface area contributed by atoms with Crippen molar-refractivity contribution >= 4 is 40.8 Å². The Bertz CT molecular complexity index is 811. The Morgan fingerprint density at radius 2 is 1.92 bits per heavy atom. The maximum absolute atomic E-state index is 11.8. The highest BCUT2D eigenvalue weighted by atomic mass is 35.5. The molecule has 0 bridgehead atoms. The van der Waals surface area contributed by atoms with Crippen molar-refractivity contribution in [1.82, 2.24) is 4.98 Å². The number of hydrogen-bond donors (Lipinski definition) is 0. The van der Waals surface area contributed by atoms with E-state index in [2.05, 4.69) is 4.98 Å². The molecule has 1 saturated heterocycles. The van der Waals surface area contributed by atoms with Crippen LogP contribution in [0.25, 0.3) is 0 Å². The Balaban J connectivity index is 1.48. The van der Waals surface area contributed by atoms with Crippen LogP contribution in [-0.2, 0) is 20.9 Å². The molecule has 1 amide bonds. The highest BCUT2D eigenvalue weighted by Gasteiger charge is 2.21. The van der Waals surface area contributed by atoms with Crippen molar-refractivity contribution < 1.29 is 19.1 Å². The lowest BCUT2D eigenvalue weighted by molar-refractivity contribution is -0.147. The molecule has 0 atom stereocenters. The number of rotatable bonds is 6. The maximum atomic E-state index is 11.8. The Morgan fingerprint density at radius 3 is 2.62 bits per heavy atom. The molecule has 1 aromatic heterocycles. The number of hydrogen-bond acceptors (Lipinski definition) is 5. The van der Waals surface area contributed by atoms with E-state index in [0.717, 1.165) is 18.7 Å². The third-order valence-corrected chi connectivity index (χ3v) is 4.39. The first-order chi connectivity index (χ1) is 12.5. The third kappa shape index (κ3) is 4.65. The Hall–Kier alpha value is -2.31. The van der Waals surface area contributed by atoms with Crippen LogP contribution in [0.5, 0.6) is 5.75 Å². The molecule has 0 N–H and O–H groups in total. The largest absolute Gasteiger partial charge is 0.482 e. The minimum atomic E-state index is -0.554. The van der Waals surface area contributed by atoms with Gasteiger partial charge in [-0.25, -0.2) is 9.78 Å². The molecule has 8 heteroatoms. The van der Waals surface area contributed by atoms with Crippen LogP contribution >= 0.6 is 23.2 Å². The summed E-state index contributed by atoms with van der Waals surface area (Å²) in [5, 5.41) is 0.642. The normalized spacial score (nSPS) is 13.8. The summed E-state index contributed by atoms with van der Waals surface area (Å²) in [6.07, 6.45) is 1.45. The van der Waals surface area contributed by atoms with Crippen LogP contribution in [0.3, 0.4) is 0 Å². The SMILES string of the molecule is O=C(COc1ccc(N2CCCC2=O)cc1)OCc1nc(Cl)ccc1Cl. The number of amides is 1. The van der Waals surface area contributed by atoms with Crippen LogP contribution in [0.15, 0.2) is 36.4 Å². The maximum Gasteiger partial charge on any atom is 0.344 e. The first kappa shape index (κ1) is 18.5. The molecule has 1 aliphatic heterocycles. The fraction of sp³-hybridized carbons (Fsp3) is 0.278. The molecular weight excluding hydrogens is 379 g/mol. The fourth-order valence-electron chi connectivity index (χ4n) is 2.54. The lowest BCUT2D eigenvalue weighted by atomic mass is 10.3. The quantitative estimate of drug-likeness (QED) is 0.552. The molecule has 3 rings (SSSR count). The lowest BCUT2D eigenvalue weighted by Gasteiger charge is -2.16. The topological polar surface area (TPSA) is 68.7 Å². The van der Waals surface area contributed by atoms with Crippen LogP contribution < -0.4 is 9.64 Å². The van der Waals surface area contributed by atoms with Crippen molar-refractivity contribution in [2.24, 2.45) is 0 Å². The average Bonchev–Trinajstić information content (AvgIpc) is 3.07. The lowest BCUT2D eigenvalue weighted by Crippen LogP contribution is -2.23. The second-order valence-electron chi connectivity index (χ2n) is 5.65. The van der Waals surface area contributed by atoms with Crippen LogP contribution in [0.2, 0.25) is 10.2 Å². The zero-order valence-electron chi connectivity index (χ0n) is 13.8. The zero-order chi connectivity index (χ0) is 18.5. The summed E-state index contributed by atoms with van der Waals surface area (Å²) in [7, 11) is 0. The number of halogens is 2. The summed E-state index contributed by atoms with van der Waals surface area (Å²) < 4.78 is 10.5. The van der Waals surface area contributed by atoms with E-state index in [-0.39, 0.29) is 24.3 Å². The van der Waals surface area contributed by atoms with E-state index in [0.29, 0.717) is 22.9 Å². The molecule has 0 spiro atoms. The second-order valence-corrected chi connectivity index (χ2v) is 6.45. The fourth-order valence-corrected chi connectivity index (χ4v) is 2.86. The predicted octanol–water partition coefficient (Wildman–Crippen LogP) is 3.64. The van der Waals surface area contributed by atoms with Gasteiger partial charge in [0.05, 0.1) is 10.7 Å². The standard InChI is InChI=1S/C18H16Cl2N2O4/c19-14-7-8-16(20)21-15(14)10-26-18(24)11-25-13-5-3-12(4-6-13)22-9-1-2-17(22)23/h3-8H,1-2,9-11H2. The van der Waals surface area contributed by atoms with Crippen LogP contribution in [0, 0.1) is 0 Å². The van der Waals surface area contributed by atoms with E-state index < -0.39 is 5.97 Å². The summed E-state index contributed by atoms with van der Waals surface area (Å²) in [5.74, 6) is 0.0773. The van der Waals surface area contributed by atoms with Crippen molar-refractivity contribution in [3.8, 4) is 5.75 Å². The molecule has 1 aromatic carbocycles. The molecule has 2 aromatic rings. The Morgan fingerprint density at radius 1 is 1.15 bits per heavy atom. The third-order valence-electron chi connectivity index (χ3n) is 3.83.